The maximum absolute atomic E-state index is 3.49. The Kier molecular flexibility index (Phi) is 6.28. The Morgan fingerprint density at radius 1 is 1.00 bits per heavy atom. The first-order valence-electron chi connectivity index (χ1n) is 6.89. The average molecular weight is 233 g/mol. The molecule has 1 aromatic carbocycles. The van der Waals surface area contributed by atoms with Gasteiger partial charge in [0.15, 0.2) is 0 Å². The van der Waals surface area contributed by atoms with Crippen LogP contribution in [0, 0.1) is 5.41 Å². The standard InChI is InChI=1S/C16H27N/c1-4-13-17-14-12-16(2,3)11-10-15-8-6-5-7-9-15/h5-9,17H,4,10-14H2,1-3H3. The smallest absolute Gasteiger partial charge is 0.00438 e. The number of benzene rings is 1. The molecule has 1 nitrogen and oxygen atoms in total. The Morgan fingerprint density at radius 2 is 1.71 bits per heavy atom. The Morgan fingerprint density at radius 3 is 2.35 bits per heavy atom. The van der Waals surface area contributed by atoms with E-state index in [1.807, 2.05) is 0 Å². The fourth-order valence-corrected chi connectivity index (χ4v) is 1.98. The van der Waals surface area contributed by atoms with Gasteiger partial charge in [-0.15, -0.1) is 0 Å². The molecule has 0 spiro atoms. The van der Waals surface area contributed by atoms with Crippen molar-refractivity contribution in [2.45, 2.75) is 46.5 Å². The minimum Gasteiger partial charge on any atom is -0.317 e. The van der Waals surface area contributed by atoms with Crippen LogP contribution in [0.3, 0.4) is 0 Å². The Bertz CT molecular complexity index is 290. The lowest BCUT2D eigenvalue weighted by molar-refractivity contribution is 0.302. The molecule has 0 heterocycles. The molecule has 0 fully saturated rings. The molecule has 0 aliphatic heterocycles. The van der Waals surface area contributed by atoms with Gasteiger partial charge in [-0.3, -0.25) is 0 Å². The molecule has 0 atom stereocenters. The first kappa shape index (κ1) is 14.2. The molecule has 0 radical (unpaired) electrons. The van der Waals surface area contributed by atoms with Crippen molar-refractivity contribution in [1.82, 2.24) is 5.32 Å². The molecular weight excluding hydrogens is 206 g/mol. The summed E-state index contributed by atoms with van der Waals surface area (Å²) in [5, 5.41) is 3.49. The Hall–Kier alpha value is -0.820. The van der Waals surface area contributed by atoms with Crippen molar-refractivity contribution in [2.75, 3.05) is 13.1 Å². The van der Waals surface area contributed by atoms with Crippen LogP contribution >= 0.6 is 0 Å². The van der Waals surface area contributed by atoms with Crippen molar-refractivity contribution in [3.05, 3.63) is 35.9 Å². The summed E-state index contributed by atoms with van der Waals surface area (Å²) in [6.07, 6.45) is 4.96. The second-order valence-corrected chi connectivity index (χ2v) is 5.65. The van der Waals surface area contributed by atoms with Gasteiger partial charge in [0, 0.05) is 0 Å². The summed E-state index contributed by atoms with van der Waals surface area (Å²) in [5.41, 5.74) is 1.90. The fourth-order valence-electron chi connectivity index (χ4n) is 1.98. The van der Waals surface area contributed by atoms with E-state index >= 15 is 0 Å². The molecule has 0 saturated heterocycles. The number of hydrogen-bond donors (Lipinski definition) is 1. The topological polar surface area (TPSA) is 12.0 Å². The van der Waals surface area contributed by atoms with Crippen LogP contribution in [0.25, 0.3) is 0 Å². The largest absolute Gasteiger partial charge is 0.317 e. The average Bonchev–Trinajstić information content (AvgIpc) is 2.34. The van der Waals surface area contributed by atoms with Gasteiger partial charge >= 0.3 is 0 Å². The minimum atomic E-state index is 0.441. The van der Waals surface area contributed by atoms with Gasteiger partial charge in [0.05, 0.1) is 0 Å². The van der Waals surface area contributed by atoms with E-state index in [2.05, 4.69) is 56.4 Å². The van der Waals surface area contributed by atoms with Gasteiger partial charge in [0.1, 0.15) is 0 Å². The highest BCUT2D eigenvalue weighted by atomic mass is 14.8. The van der Waals surface area contributed by atoms with Gasteiger partial charge < -0.3 is 5.32 Å². The van der Waals surface area contributed by atoms with Crippen LogP contribution in [0.2, 0.25) is 0 Å². The van der Waals surface area contributed by atoms with E-state index in [0.29, 0.717) is 5.41 Å². The molecule has 0 unspecified atom stereocenters. The summed E-state index contributed by atoms with van der Waals surface area (Å²) in [7, 11) is 0. The second-order valence-electron chi connectivity index (χ2n) is 5.65. The molecule has 1 rings (SSSR count). The summed E-state index contributed by atoms with van der Waals surface area (Å²) in [5.74, 6) is 0. The molecule has 1 heteroatoms. The van der Waals surface area contributed by atoms with Crippen molar-refractivity contribution in [3.8, 4) is 0 Å². The zero-order chi connectivity index (χ0) is 12.6. The highest BCUT2D eigenvalue weighted by Gasteiger charge is 2.16. The van der Waals surface area contributed by atoms with E-state index in [4.69, 9.17) is 0 Å². The van der Waals surface area contributed by atoms with Gasteiger partial charge in [-0.1, -0.05) is 51.1 Å². The van der Waals surface area contributed by atoms with Gasteiger partial charge in [-0.25, -0.2) is 0 Å². The third-order valence-corrected chi connectivity index (χ3v) is 3.34. The first-order chi connectivity index (χ1) is 8.14. The normalized spacial score (nSPS) is 11.7. The van der Waals surface area contributed by atoms with Gasteiger partial charge in [-0.2, -0.15) is 0 Å². The van der Waals surface area contributed by atoms with E-state index in [-0.39, 0.29) is 0 Å². The Balaban J connectivity index is 2.24. The first-order valence-corrected chi connectivity index (χ1v) is 6.89. The molecule has 0 aromatic heterocycles. The molecule has 1 aromatic rings. The molecule has 96 valence electrons. The minimum absolute atomic E-state index is 0.441. The second kappa shape index (κ2) is 7.50. The van der Waals surface area contributed by atoms with Crippen molar-refractivity contribution in [3.63, 3.8) is 0 Å². The van der Waals surface area contributed by atoms with Crippen LogP contribution < -0.4 is 5.32 Å². The highest BCUT2D eigenvalue weighted by Crippen LogP contribution is 2.26. The molecule has 0 amide bonds. The zero-order valence-electron chi connectivity index (χ0n) is 11.6. The Labute approximate surface area is 107 Å². The maximum Gasteiger partial charge on any atom is -0.00438 e. The summed E-state index contributed by atoms with van der Waals surface area (Å²) >= 11 is 0. The summed E-state index contributed by atoms with van der Waals surface area (Å²) in [6, 6.07) is 10.8. The van der Waals surface area contributed by atoms with Crippen molar-refractivity contribution >= 4 is 0 Å². The van der Waals surface area contributed by atoms with Crippen LogP contribution in [0.1, 0.15) is 45.6 Å². The molecule has 0 saturated carbocycles. The predicted octanol–water partition coefficient (Wildman–Crippen LogP) is 4.04. The quantitative estimate of drug-likeness (QED) is 0.668. The molecule has 0 aliphatic rings. The number of hydrogen-bond acceptors (Lipinski definition) is 1. The number of rotatable bonds is 8. The van der Waals surface area contributed by atoms with Crippen molar-refractivity contribution < 1.29 is 0 Å². The van der Waals surface area contributed by atoms with Gasteiger partial charge in [0.25, 0.3) is 0 Å². The molecule has 0 aliphatic carbocycles. The maximum atomic E-state index is 3.49. The van der Waals surface area contributed by atoms with E-state index in [1.165, 1.54) is 31.2 Å². The van der Waals surface area contributed by atoms with Crippen molar-refractivity contribution in [1.29, 1.82) is 0 Å². The lowest BCUT2D eigenvalue weighted by atomic mass is 9.83. The van der Waals surface area contributed by atoms with E-state index in [0.717, 1.165) is 13.1 Å². The molecule has 17 heavy (non-hydrogen) atoms. The lowest BCUT2D eigenvalue weighted by Gasteiger charge is -2.24. The van der Waals surface area contributed by atoms with Crippen LogP contribution in [0.15, 0.2) is 30.3 Å². The third-order valence-electron chi connectivity index (χ3n) is 3.34. The number of aryl methyl sites for hydroxylation is 1. The van der Waals surface area contributed by atoms with Crippen LogP contribution in [0.4, 0.5) is 0 Å². The molecule has 1 N–H and O–H groups in total. The summed E-state index contributed by atoms with van der Waals surface area (Å²) < 4.78 is 0. The van der Waals surface area contributed by atoms with Crippen LogP contribution in [0.5, 0.6) is 0 Å². The molecule has 0 bridgehead atoms. The number of nitrogens with one attached hydrogen (secondary N) is 1. The van der Waals surface area contributed by atoms with Crippen LogP contribution in [-0.4, -0.2) is 13.1 Å². The highest BCUT2D eigenvalue weighted by molar-refractivity contribution is 5.14. The van der Waals surface area contributed by atoms with Crippen molar-refractivity contribution in [2.24, 2.45) is 5.41 Å². The third kappa shape index (κ3) is 6.48. The summed E-state index contributed by atoms with van der Waals surface area (Å²) in [4.78, 5) is 0. The fraction of sp³-hybridized carbons (Fsp3) is 0.625. The van der Waals surface area contributed by atoms with E-state index in [1.54, 1.807) is 0 Å². The predicted molar refractivity (Wildman–Crippen MR) is 76.3 cm³/mol. The van der Waals surface area contributed by atoms with Gasteiger partial charge in [-0.05, 0) is 49.8 Å². The van der Waals surface area contributed by atoms with E-state index < -0.39 is 0 Å². The SMILES string of the molecule is CCCNCCC(C)(C)CCc1ccccc1. The van der Waals surface area contributed by atoms with Crippen LogP contribution in [-0.2, 0) is 6.42 Å². The zero-order valence-corrected chi connectivity index (χ0v) is 11.6. The lowest BCUT2D eigenvalue weighted by Crippen LogP contribution is -2.23. The molecular formula is C16H27N. The summed E-state index contributed by atoms with van der Waals surface area (Å²) in [6.45, 7) is 9.27. The van der Waals surface area contributed by atoms with E-state index in [9.17, 15) is 0 Å². The monoisotopic (exact) mass is 233 g/mol. The van der Waals surface area contributed by atoms with Gasteiger partial charge in [0.2, 0.25) is 0 Å².